The number of hydrogen-bond donors (Lipinski definition) is 0. The molecule has 1 heterocycles. The molecule has 0 atom stereocenters. The van der Waals surface area contributed by atoms with Crippen LogP contribution in [0, 0.1) is 0 Å². The van der Waals surface area contributed by atoms with Crippen molar-refractivity contribution in [2.75, 3.05) is 65.3 Å². The zero-order valence-corrected chi connectivity index (χ0v) is 16.7. The summed E-state index contributed by atoms with van der Waals surface area (Å²) < 4.78 is 22.8. The first kappa shape index (κ1) is 21.5. The fraction of sp³-hybridized carbons (Fsp3) is 0.938. The van der Waals surface area contributed by atoms with Crippen LogP contribution in [0.25, 0.3) is 0 Å². The molecule has 0 saturated carbocycles. The predicted octanol–water partition coefficient (Wildman–Crippen LogP) is 1.14. The fourth-order valence-corrected chi connectivity index (χ4v) is 5.56. The molecule has 0 amide bonds. The first-order chi connectivity index (χ1) is 11.6. The van der Waals surface area contributed by atoms with Crippen molar-refractivity contribution in [3.05, 3.63) is 0 Å². The second-order valence-corrected chi connectivity index (χ2v) is 8.20. The summed E-state index contributed by atoms with van der Waals surface area (Å²) >= 11 is 0. The van der Waals surface area contributed by atoms with Crippen LogP contribution in [0.5, 0.6) is 0 Å². The van der Waals surface area contributed by atoms with E-state index in [1.165, 1.54) is 0 Å². The second kappa shape index (κ2) is 11.9. The summed E-state index contributed by atoms with van der Waals surface area (Å²) in [6.45, 7) is 14.5. The normalized spacial score (nSPS) is 17.2. The van der Waals surface area contributed by atoms with Crippen molar-refractivity contribution in [2.24, 2.45) is 0 Å². The molecule has 0 spiro atoms. The Labute approximate surface area is 147 Å². The van der Waals surface area contributed by atoms with Gasteiger partial charge in [-0.25, -0.2) is 0 Å². The van der Waals surface area contributed by atoms with Crippen molar-refractivity contribution in [1.82, 2.24) is 9.80 Å². The van der Waals surface area contributed by atoms with Gasteiger partial charge in [-0.05, 0) is 27.7 Å². The second-order valence-electron chi connectivity index (χ2n) is 5.65. The summed E-state index contributed by atoms with van der Waals surface area (Å²) in [6.07, 6.45) is 1.19. The summed E-state index contributed by atoms with van der Waals surface area (Å²) in [6, 6.07) is 0. The highest BCUT2D eigenvalue weighted by atomic mass is 28.4. The molecule has 24 heavy (non-hydrogen) atoms. The van der Waals surface area contributed by atoms with Crippen LogP contribution in [0.1, 0.15) is 34.1 Å². The van der Waals surface area contributed by atoms with E-state index in [-0.39, 0.29) is 5.97 Å². The van der Waals surface area contributed by atoms with E-state index in [2.05, 4.69) is 9.80 Å². The molecule has 0 radical (unpaired) electrons. The molecule has 0 aromatic rings. The van der Waals surface area contributed by atoms with Crippen molar-refractivity contribution in [3.63, 3.8) is 0 Å². The fourth-order valence-electron chi connectivity index (χ4n) is 2.85. The Kier molecular flexibility index (Phi) is 10.7. The molecule has 0 N–H and O–H groups in total. The van der Waals surface area contributed by atoms with Gasteiger partial charge in [-0.3, -0.25) is 9.69 Å². The molecule has 0 aromatic heterocycles. The molecule has 1 rings (SSSR count). The molecular formula is C16H34N2O5Si. The summed E-state index contributed by atoms with van der Waals surface area (Å²) in [5.41, 5.74) is 0. The highest BCUT2D eigenvalue weighted by molar-refractivity contribution is 6.60. The van der Waals surface area contributed by atoms with Gasteiger partial charge in [0, 0.05) is 52.5 Å². The van der Waals surface area contributed by atoms with Crippen molar-refractivity contribution in [2.45, 2.75) is 34.1 Å². The third-order valence-corrected chi connectivity index (χ3v) is 6.93. The topological polar surface area (TPSA) is 60.5 Å². The van der Waals surface area contributed by atoms with Gasteiger partial charge in [0.1, 0.15) is 0 Å². The summed E-state index contributed by atoms with van der Waals surface area (Å²) in [5.74, 6) is -0.115. The van der Waals surface area contributed by atoms with Crippen LogP contribution >= 0.6 is 0 Å². The van der Waals surface area contributed by atoms with Crippen molar-refractivity contribution < 1.29 is 22.8 Å². The van der Waals surface area contributed by atoms with Crippen molar-refractivity contribution >= 4 is 14.8 Å². The minimum Gasteiger partial charge on any atom is -0.466 e. The van der Waals surface area contributed by atoms with Crippen LogP contribution in [0.2, 0.25) is 0 Å². The van der Waals surface area contributed by atoms with Gasteiger partial charge < -0.3 is 22.9 Å². The highest BCUT2D eigenvalue weighted by Gasteiger charge is 2.42. The van der Waals surface area contributed by atoms with Crippen LogP contribution < -0.4 is 0 Å². The highest BCUT2D eigenvalue weighted by Crippen LogP contribution is 2.14. The Hall–Kier alpha value is -0.513. The predicted molar refractivity (Wildman–Crippen MR) is 94.8 cm³/mol. The minimum absolute atomic E-state index is 0.115. The average molecular weight is 363 g/mol. The van der Waals surface area contributed by atoms with E-state index in [0.717, 1.165) is 38.9 Å². The lowest BCUT2D eigenvalue weighted by Gasteiger charge is -2.38. The van der Waals surface area contributed by atoms with E-state index < -0.39 is 8.80 Å². The quantitative estimate of drug-likeness (QED) is 0.381. The molecule has 1 aliphatic rings. The Bertz CT molecular complexity index is 334. The third kappa shape index (κ3) is 7.58. The van der Waals surface area contributed by atoms with Crippen LogP contribution in [0.3, 0.4) is 0 Å². The smallest absolute Gasteiger partial charge is 0.466 e. The molecule has 0 aromatic carbocycles. The number of piperazine rings is 1. The van der Waals surface area contributed by atoms with Gasteiger partial charge in [0.05, 0.1) is 19.2 Å². The third-order valence-electron chi connectivity index (χ3n) is 3.91. The van der Waals surface area contributed by atoms with Crippen molar-refractivity contribution in [3.8, 4) is 0 Å². The van der Waals surface area contributed by atoms with E-state index >= 15 is 0 Å². The Morgan fingerprint density at radius 2 is 1.33 bits per heavy atom. The van der Waals surface area contributed by atoms with Crippen LogP contribution in [-0.2, 0) is 22.8 Å². The molecule has 0 bridgehead atoms. The molecule has 1 fully saturated rings. The summed E-state index contributed by atoms with van der Waals surface area (Å²) in [7, 11) is -2.62. The maximum atomic E-state index is 11.5. The monoisotopic (exact) mass is 362 g/mol. The Morgan fingerprint density at radius 1 is 0.833 bits per heavy atom. The number of nitrogens with zero attached hydrogens (tertiary/aromatic N) is 2. The number of esters is 1. The number of carbonyl (C=O) groups excluding carboxylic acids is 1. The molecular weight excluding hydrogens is 328 g/mol. The maximum absolute atomic E-state index is 11.5. The molecule has 142 valence electrons. The van der Waals surface area contributed by atoms with Crippen molar-refractivity contribution in [1.29, 1.82) is 0 Å². The standard InChI is InChI=1S/C16H34N2O5Si/c1-5-20-16(19)9-10-17-11-13-18(14-12-17)15-24(21-6-2,22-7-3)23-8-4/h5-15H2,1-4H3. The number of hydrogen-bond acceptors (Lipinski definition) is 7. The lowest BCUT2D eigenvalue weighted by atomic mass is 10.3. The zero-order valence-electron chi connectivity index (χ0n) is 15.7. The molecule has 1 saturated heterocycles. The summed E-state index contributed by atoms with van der Waals surface area (Å²) in [5, 5.41) is 0. The number of carbonyl (C=O) groups is 1. The Balaban J connectivity index is 2.43. The van der Waals surface area contributed by atoms with E-state index in [9.17, 15) is 4.79 Å². The molecule has 1 aliphatic heterocycles. The minimum atomic E-state index is -2.62. The van der Waals surface area contributed by atoms with Gasteiger partial charge in [0.15, 0.2) is 0 Å². The molecule has 7 nitrogen and oxygen atoms in total. The van der Waals surface area contributed by atoms with Gasteiger partial charge in [0.25, 0.3) is 0 Å². The van der Waals surface area contributed by atoms with Crippen LogP contribution in [-0.4, -0.2) is 89.9 Å². The SMILES string of the molecule is CCOC(=O)CCN1CCN(C[Si](OCC)(OCC)OCC)CC1. The average Bonchev–Trinajstić information content (AvgIpc) is 2.55. The number of rotatable bonds is 12. The first-order valence-corrected chi connectivity index (χ1v) is 11.0. The van der Waals surface area contributed by atoms with Gasteiger partial charge in [-0.1, -0.05) is 0 Å². The first-order valence-electron chi connectivity index (χ1n) is 9.11. The van der Waals surface area contributed by atoms with Crippen LogP contribution in [0.4, 0.5) is 0 Å². The lowest BCUT2D eigenvalue weighted by Crippen LogP contribution is -2.59. The van der Waals surface area contributed by atoms with E-state index in [4.69, 9.17) is 18.0 Å². The molecule has 8 heteroatoms. The van der Waals surface area contributed by atoms with Gasteiger partial charge in [-0.15, -0.1) is 0 Å². The van der Waals surface area contributed by atoms with Gasteiger partial charge in [-0.2, -0.15) is 0 Å². The lowest BCUT2D eigenvalue weighted by molar-refractivity contribution is -0.143. The van der Waals surface area contributed by atoms with Gasteiger partial charge in [0.2, 0.25) is 0 Å². The van der Waals surface area contributed by atoms with E-state index in [0.29, 0.717) is 32.8 Å². The van der Waals surface area contributed by atoms with Crippen LogP contribution in [0.15, 0.2) is 0 Å². The maximum Gasteiger partial charge on any atom is 0.515 e. The molecule has 0 aliphatic carbocycles. The van der Waals surface area contributed by atoms with Gasteiger partial charge >= 0.3 is 14.8 Å². The number of ether oxygens (including phenoxy) is 1. The summed E-state index contributed by atoms with van der Waals surface area (Å²) in [4.78, 5) is 16.1. The largest absolute Gasteiger partial charge is 0.515 e. The van der Waals surface area contributed by atoms with E-state index in [1.807, 2.05) is 27.7 Å². The molecule has 0 unspecified atom stereocenters. The van der Waals surface area contributed by atoms with E-state index in [1.54, 1.807) is 0 Å². The zero-order chi connectivity index (χ0) is 17.8. The Morgan fingerprint density at radius 3 is 1.79 bits per heavy atom.